The Kier molecular flexibility index (Phi) is 4.09. The zero-order valence-corrected chi connectivity index (χ0v) is 14.7. The van der Waals surface area contributed by atoms with Crippen molar-refractivity contribution in [3.05, 3.63) is 72.1 Å². The molecule has 0 saturated carbocycles. The first-order chi connectivity index (χ1) is 12.7. The minimum Gasteiger partial charge on any atom is -0.462 e. The van der Waals surface area contributed by atoms with Gasteiger partial charge in [-0.3, -0.25) is 9.97 Å². The lowest BCUT2D eigenvalue weighted by Crippen LogP contribution is -2.04. The van der Waals surface area contributed by atoms with Gasteiger partial charge in [0, 0.05) is 28.2 Å². The summed E-state index contributed by atoms with van der Waals surface area (Å²) >= 11 is 0. The highest BCUT2D eigenvalue weighted by Gasteiger charge is 2.13. The summed E-state index contributed by atoms with van der Waals surface area (Å²) < 4.78 is 5.14. The Hall–Kier alpha value is -3.27. The van der Waals surface area contributed by atoms with Crippen molar-refractivity contribution in [1.82, 2.24) is 9.97 Å². The van der Waals surface area contributed by atoms with Crippen LogP contribution in [0.2, 0.25) is 0 Å². The molecule has 0 bridgehead atoms. The van der Waals surface area contributed by atoms with E-state index in [1.807, 2.05) is 49.4 Å². The van der Waals surface area contributed by atoms with Gasteiger partial charge < -0.3 is 4.74 Å². The van der Waals surface area contributed by atoms with Crippen molar-refractivity contribution in [1.29, 1.82) is 0 Å². The van der Waals surface area contributed by atoms with Gasteiger partial charge in [0.1, 0.15) is 0 Å². The normalized spacial score (nSPS) is 11.0. The van der Waals surface area contributed by atoms with E-state index in [0.717, 1.165) is 38.6 Å². The summed E-state index contributed by atoms with van der Waals surface area (Å²) in [5.74, 6) is -0.322. The predicted octanol–water partition coefficient (Wildman–Crippen LogP) is 4.94. The molecule has 0 atom stereocenters. The van der Waals surface area contributed by atoms with Gasteiger partial charge in [0.15, 0.2) is 0 Å². The van der Waals surface area contributed by atoms with Gasteiger partial charge in [-0.2, -0.15) is 0 Å². The van der Waals surface area contributed by atoms with Crippen LogP contribution >= 0.6 is 0 Å². The van der Waals surface area contributed by atoms with E-state index >= 15 is 0 Å². The van der Waals surface area contributed by atoms with Crippen LogP contribution in [-0.4, -0.2) is 22.5 Å². The molecule has 4 aromatic rings. The Labute approximate surface area is 151 Å². The molecule has 0 unspecified atom stereocenters. The van der Waals surface area contributed by atoms with Crippen LogP contribution in [0.15, 0.2) is 60.8 Å². The molecule has 26 heavy (non-hydrogen) atoms. The number of rotatable bonds is 3. The Morgan fingerprint density at radius 1 is 1.04 bits per heavy atom. The number of nitrogens with zero attached hydrogens (tertiary/aromatic N) is 2. The molecule has 4 heteroatoms. The van der Waals surface area contributed by atoms with Crippen LogP contribution in [0, 0.1) is 6.92 Å². The van der Waals surface area contributed by atoms with E-state index in [1.165, 1.54) is 0 Å². The molecule has 0 fully saturated rings. The fourth-order valence-electron chi connectivity index (χ4n) is 3.24. The third kappa shape index (κ3) is 2.80. The summed E-state index contributed by atoms with van der Waals surface area (Å²) in [6.07, 6.45) is 1.80. The van der Waals surface area contributed by atoms with E-state index in [1.54, 1.807) is 19.2 Å². The van der Waals surface area contributed by atoms with Gasteiger partial charge in [-0.1, -0.05) is 24.3 Å². The number of hydrogen-bond acceptors (Lipinski definition) is 4. The number of fused-ring (bicyclic) bond motifs is 2. The number of aryl methyl sites for hydroxylation is 1. The quantitative estimate of drug-likeness (QED) is 0.495. The fourth-order valence-corrected chi connectivity index (χ4v) is 3.24. The second kappa shape index (κ2) is 6.56. The first-order valence-corrected chi connectivity index (χ1v) is 8.60. The summed E-state index contributed by atoms with van der Waals surface area (Å²) in [5, 5.41) is 1.99. The second-order valence-electron chi connectivity index (χ2n) is 6.14. The van der Waals surface area contributed by atoms with Gasteiger partial charge in [0.05, 0.1) is 23.2 Å². The molecular weight excluding hydrogens is 324 g/mol. The number of esters is 1. The molecule has 0 radical (unpaired) electrons. The molecule has 128 valence electrons. The summed E-state index contributed by atoms with van der Waals surface area (Å²) in [4.78, 5) is 21.3. The van der Waals surface area contributed by atoms with Crippen LogP contribution in [-0.2, 0) is 4.74 Å². The standard InChI is InChI=1S/C22H18N2O2/c1-3-26-22(25)16-9-10-20-19(13-16)18(12-14(2)24-20)17-8-4-6-15-7-5-11-23-21(15)17/h4-13H,3H2,1-2H3. The van der Waals surface area contributed by atoms with E-state index in [-0.39, 0.29) is 5.97 Å². The molecule has 2 aromatic carbocycles. The number of pyridine rings is 2. The molecule has 2 aromatic heterocycles. The smallest absolute Gasteiger partial charge is 0.338 e. The van der Waals surface area contributed by atoms with Crippen LogP contribution < -0.4 is 0 Å². The molecule has 2 heterocycles. The number of hydrogen-bond donors (Lipinski definition) is 0. The van der Waals surface area contributed by atoms with Crippen LogP contribution in [0.3, 0.4) is 0 Å². The van der Waals surface area contributed by atoms with Crippen molar-refractivity contribution >= 4 is 27.8 Å². The van der Waals surface area contributed by atoms with E-state index in [9.17, 15) is 4.79 Å². The first-order valence-electron chi connectivity index (χ1n) is 8.60. The molecule has 0 N–H and O–H groups in total. The average Bonchev–Trinajstić information content (AvgIpc) is 2.66. The summed E-state index contributed by atoms with van der Waals surface area (Å²) in [6, 6.07) is 17.6. The highest BCUT2D eigenvalue weighted by Crippen LogP contribution is 2.33. The Morgan fingerprint density at radius 3 is 2.73 bits per heavy atom. The summed E-state index contributed by atoms with van der Waals surface area (Å²) in [5.41, 5.74) is 5.27. The van der Waals surface area contributed by atoms with Crippen LogP contribution in [0.4, 0.5) is 0 Å². The van der Waals surface area contributed by atoms with Gasteiger partial charge in [-0.05, 0) is 49.7 Å². The van der Waals surface area contributed by atoms with Crippen molar-refractivity contribution < 1.29 is 9.53 Å². The number of carbonyl (C=O) groups is 1. The zero-order valence-electron chi connectivity index (χ0n) is 14.7. The first kappa shape index (κ1) is 16.2. The molecule has 4 rings (SSSR count). The highest BCUT2D eigenvalue weighted by molar-refractivity contribution is 6.05. The maximum absolute atomic E-state index is 12.2. The van der Waals surface area contributed by atoms with Crippen molar-refractivity contribution in [2.75, 3.05) is 6.61 Å². The molecule has 0 spiro atoms. The van der Waals surface area contributed by atoms with Crippen LogP contribution in [0.25, 0.3) is 32.9 Å². The van der Waals surface area contributed by atoms with Crippen molar-refractivity contribution in [2.45, 2.75) is 13.8 Å². The molecular formula is C22H18N2O2. The maximum atomic E-state index is 12.2. The Morgan fingerprint density at radius 2 is 1.88 bits per heavy atom. The lowest BCUT2D eigenvalue weighted by atomic mass is 9.96. The summed E-state index contributed by atoms with van der Waals surface area (Å²) in [7, 11) is 0. The topological polar surface area (TPSA) is 52.1 Å². The van der Waals surface area contributed by atoms with E-state index < -0.39 is 0 Å². The minimum atomic E-state index is -0.322. The number of carbonyl (C=O) groups excluding carboxylic acids is 1. The Balaban J connectivity index is 2.01. The fraction of sp³-hybridized carbons (Fsp3) is 0.136. The number of para-hydroxylation sites is 1. The van der Waals surface area contributed by atoms with Crippen molar-refractivity contribution in [3.8, 4) is 11.1 Å². The van der Waals surface area contributed by atoms with Gasteiger partial charge in [0.2, 0.25) is 0 Å². The van der Waals surface area contributed by atoms with E-state index in [0.29, 0.717) is 12.2 Å². The predicted molar refractivity (Wildman–Crippen MR) is 103 cm³/mol. The van der Waals surface area contributed by atoms with E-state index in [4.69, 9.17) is 4.74 Å². The second-order valence-corrected chi connectivity index (χ2v) is 6.14. The lowest BCUT2D eigenvalue weighted by molar-refractivity contribution is 0.0526. The molecule has 0 aliphatic rings. The minimum absolute atomic E-state index is 0.322. The van der Waals surface area contributed by atoms with Crippen LogP contribution in [0.5, 0.6) is 0 Å². The van der Waals surface area contributed by atoms with Gasteiger partial charge >= 0.3 is 5.97 Å². The van der Waals surface area contributed by atoms with Gasteiger partial charge in [-0.25, -0.2) is 4.79 Å². The van der Waals surface area contributed by atoms with Gasteiger partial charge in [-0.15, -0.1) is 0 Å². The Bertz CT molecular complexity index is 1130. The highest BCUT2D eigenvalue weighted by atomic mass is 16.5. The van der Waals surface area contributed by atoms with Crippen molar-refractivity contribution in [3.63, 3.8) is 0 Å². The molecule has 4 nitrogen and oxygen atoms in total. The number of ether oxygens (including phenoxy) is 1. The molecule has 0 saturated heterocycles. The SMILES string of the molecule is CCOC(=O)c1ccc2nc(C)cc(-c3cccc4cccnc34)c2c1. The van der Waals surface area contributed by atoms with E-state index in [2.05, 4.69) is 16.0 Å². The molecule has 0 aliphatic carbocycles. The molecule has 0 aliphatic heterocycles. The molecule has 0 amide bonds. The van der Waals surface area contributed by atoms with Crippen molar-refractivity contribution in [2.24, 2.45) is 0 Å². The summed E-state index contributed by atoms with van der Waals surface area (Å²) in [6.45, 7) is 4.13. The van der Waals surface area contributed by atoms with Crippen LogP contribution in [0.1, 0.15) is 23.0 Å². The largest absolute Gasteiger partial charge is 0.462 e. The third-order valence-electron chi connectivity index (χ3n) is 4.37. The lowest BCUT2D eigenvalue weighted by Gasteiger charge is -2.11. The van der Waals surface area contributed by atoms with Gasteiger partial charge in [0.25, 0.3) is 0 Å². The number of aromatic nitrogens is 2. The monoisotopic (exact) mass is 342 g/mol. The number of benzene rings is 2. The third-order valence-corrected chi connectivity index (χ3v) is 4.37. The maximum Gasteiger partial charge on any atom is 0.338 e. The zero-order chi connectivity index (χ0) is 18.1. The average molecular weight is 342 g/mol.